The smallest absolute Gasteiger partial charge is 0.328 e. The van der Waals surface area contributed by atoms with E-state index in [0.717, 1.165) is 6.07 Å². The van der Waals surface area contributed by atoms with Crippen LogP contribution in [0.3, 0.4) is 0 Å². The van der Waals surface area contributed by atoms with Crippen molar-refractivity contribution in [2.24, 2.45) is 0 Å². The second kappa shape index (κ2) is 5.98. The van der Waals surface area contributed by atoms with Gasteiger partial charge in [-0.3, -0.25) is 9.35 Å². The van der Waals surface area contributed by atoms with Crippen molar-refractivity contribution in [2.45, 2.75) is 18.4 Å². The van der Waals surface area contributed by atoms with Crippen molar-refractivity contribution in [1.82, 2.24) is 0 Å². The van der Waals surface area contributed by atoms with Crippen LogP contribution in [0.25, 0.3) is 17.2 Å². The highest BCUT2D eigenvalue weighted by Crippen LogP contribution is 2.43. The molecule has 1 heterocycles. The lowest BCUT2D eigenvalue weighted by molar-refractivity contribution is -0.135. The van der Waals surface area contributed by atoms with Crippen LogP contribution < -0.4 is 0 Å². The van der Waals surface area contributed by atoms with Crippen molar-refractivity contribution >= 4 is 33.3 Å². The van der Waals surface area contributed by atoms with Crippen molar-refractivity contribution in [3.05, 3.63) is 58.6 Å². The van der Waals surface area contributed by atoms with Crippen molar-refractivity contribution in [3.8, 4) is 0 Å². The van der Waals surface area contributed by atoms with E-state index < -0.39 is 27.0 Å². The number of benzene rings is 1. The van der Waals surface area contributed by atoms with E-state index in [1.165, 1.54) is 30.3 Å². The van der Waals surface area contributed by atoms with E-state index in [1.807, 2.05) is 0 Å². The lowest BCUT2D eigenvalue weighted by atomic mass is 10.0. The average molecular weight is 364 g/mol. The summed E-state index contributed by atoms with van der Waals surface area (Å²) in [6, 6.07) is 6.53. The minimum atomic E-state index is -4.46. The summed E-state index contributed by atoms with van der Waals surface area (Å²) in [6.45, 7) is 1.70. The molecule has 0 saturated heterocycles. The molecular formula is C17H13FO6S. The molecule has 0 saturated carbocycles. The summed E-state index contributed by atoms with van der Waals surface area (Å²) in [5, 5.41) is 8.50. The number of hydrogen-bond donors (Lipinski definition) is 2. The molecule has 6 nitrogen and oxygen atoms in total. The highest BCUT2D eigenvalue weighted by atomic mass is 32.2. The van der Waals surface area contributed by atoms with E-state index in [0.29, 0.717) is 27.8 Å². The normalized spacial score (nSPS) is 15.7. The highest BCUT2D eigenvalue weighted by molar-refractivity contribution is 7.85. The Morgan fingerprint density at radius 2 is 1.96 bits per heavy atom. The van der Waals surface area contributed by atoms with Crippen LogP contribution in [-0.2, 0) is 14.9 Å². The first-order chi connectivity index (χ1) is 11.7. The van der Waals surface area contributed by atoms with Gasteiger partial charge in [-0.05, 0) is 65.1 Å². The molecule has 1 aliphatic carbocycles. The highest BCUT2D eigenvalue weighted by Gasteiger charge is 2.26. The van der Waals surface area contributed by atoms with Gasteiger partial charge >= 0.3 is 16.1 Å². The Kier molecular flexibility index (Phi) is 4.09. The molecule has 0 bridgehead atoms. The summed E-state index contributed by atoms with van der Waals surface area (Å²) < 4.78 is 49.8. The van der Waals surface area contributed by atoms with Crippen LogP contribution in [0.4, 0.5) is 4.39 Å². The molecule has 1 aromatic heterocycles. The Labute approximate surface area is 142 Å². The van der Waals surface area contributed by atoms with Gasteiger partial charge in [-0.15, -0.1) is 0 Å². The third kappa shape index (κ3) is 3.26. The van der Waals surface area contributed by atoms with Crippen molar-refractivity contribution in [2.75, 3.05) is 0 Å². The molecular weight excluding hydrogens is 351 g/mol. The van der Waals surface area contributed by atoms with Gasteiger partial charge in [0.25, 0.3) is 0 Å². The maximum Gasteiger partial charge on any atom is 0.328 e. The molecule has 8 heteroatoms. The first kappa shape index (κ1) is 17.1. The standard InChI is InChI=1S/C17H13FO6S/c1-9-13(7-11-3-5-17(24-11)25(21,22)23)12-4-2-10(18)6-15(12)14(9)8-16(19)20/h2-7H,8H2,1H3,(H,19,20)(H,21,22,23)/b13-7-. The summed E-state index contributed by atoms with van der Waals surface area (Å²) in [4.78, 5) is 11.1. The number of allylic oxidation sites excluding steroid dienone is 2. The number of fused-ring (bicyclic) bond motifs is 1. The van der Waals surface area contributed by atoms with Gasteiger partial charge in [0.15, 0.2) is 0 Å². The molecule has 0 amide bonds. The number of carbonyl (C=O) groups is 1. The summed E-state index contributed by atoms with van der Waals surface area (Å²) in [7, 11) is -4.46. The minimum absolute atomic E-state index is 0.161. The Bertz CT molecular complexity index is 1040. The molecule has 3 rings (SSSR count). The second-order valence-electron chi connectivity index (χ2n) is 5.55. The number of carboxylic acid groups (broad SMARTS) is 1. The molecule has 0 radical (unpaired) electrons. The fraction of sp³-hybridized carbons (Fsp3) is 0.118. The molecule has 0 spiro atoms. The molecule has 25 heavy (non-hydrogen) atoms. The fourth-order valence-electron chi connectivity index (χ4n) is 2.83. The third-order valence-electron chi connectivity index (χ3n) is 3.92. The van der Waals surface area contributed by atoms with Crippen LogP contribution in [0.1, 0.15) is 30.2 Å². The predicted molar refractivity (Wildman–Crippen MR) is 87.6 cm³/mol. The molecule has 1 aromatic carbocycles. The molecule has 2 N–H and O–H groups in total. The van der Waals surface area contributed by atoms with Gasteiger partial charge < -0.3 is 9.52 Å². The Hall–Kier alpha value is -2.71. The van der Waals surface area contributed by atoms with Gasteiger partial charge in [0, 0.05) is 0 Å². The average Bonchev–Trinajstić information content (AvgIpc) is 3.06. The van der Waals surface area contributed by atoms with E-state index in [1.54, 1.807) is 6.92 Å². The van der Waals surface area contributed by atoms with E-state index in [4.69, 9.17) is 14.1 Å². The number of aliphatic carboxylic acids is 1. The largest absolute Gasteiger partial charge is 0.481 e. The van der Waals surface area contributed by atoms with E-state index in [9.17, 15) is 17.6 Å². The lowest BCUT2D eigenvalue weighted by Crippen LogP contribution is -1.97. The monoisotopic (exact) mass is 364 g/mol. The second-order valence-corrected chi connectivity index (χ2v) is 6.91. The molecule has 130 valence electrons. The quantitative estimate of drug-likeness (QED) is 0.805. The van der Waals surface area contributed by atoms with Gasteiger partial charge in [-0.2, -0.15) is 8.42 Å². The SMILES string of the molecule is CC1=C(CC(=O)O)c2cc(F)ccc2/C1=C\c1ccc(S(=O)(=O)O)o1. The van der Waals surface area contributed by atoms with Crippen molar-refractivity contribution in [3.63, 3.8) is 0 Å². The Morgan fingerprint density at radius 3 is 2.56 bits per heavy atom. The van der Waals surface area contributed by atoms with Crippen LogP contribution in [0.2, 0.25) is 0 Å². The van der Waals surface area contributed by atoms with Crippen LogP contribution >= 0.6 is 0 Å². The molecule has 0 fully saturated rings. The Morgan fingerprint density at radius 1 is 1.24 bits per heavy atom. The van der Waals surface area contributed by atoms with E-state index >= 15 is 0 Å². The summed E-state index contributed by atoms with van der Waals surface area (Å²) in [6.07, 6.45) is 1.25. The van der Waals surface area contributed by atoms with Crippen LogP contribution in [0, 0.1) is 5.82 Å². The van der Waals surface area contributed by atoms with Crippen LogP contribution in [-0.4, -0.2) is 24.0 Å². The number of halogens is 1. The summed E-state index contributed by atoms with van der Waals surface area (Å²) >= 11 is 0. The molecule has 2 aromatic rings. The van der Waals surface area contributed by atoms with Crippen molar-refractivity contribution in [1.29, 1.82) is 0 Å². The zero-order chi connectivity index (χ0) is 18.4. The van der Waals surface area contributed by atoms with Crippen LogP contribution in [0.15, 0.2) is 45.4 Å². The van der Waals surface area contributed by atoms with Crippen molar-refractivity contribution < 1.29 is 31.7 Å². The number of furan rings is 1. The number of carboxylic acids is 1. The molecule has 0 aliphatic heterocycles. The first-order valence-electron chi connectivity index (χ1n) is 7.18. The summed E-state index contributed by atoms with van der Waals surface area (Å²) in [5.41, 5.74) is 2.82. The third-order valence-corrected chi connectivity index (χ3v) is 4.65. The van der Waals surface area contributed by atoms with Gasteiger partial charge in [0.1, 0.15) is 11.6 Å². The number of hydrogen-bond acceptors (Lipinski definition) is 4. The maximum absolute atomic E-state index is 13.6. The zero-order valence-electron chi connectivity index (χ0n) is 13.0. The van der Waals surface area contributed by atoms with Gasteiger partial charge in [0.05, 0.1) is 6.42 Å². The minimum Gasteiger partial charge on any atom is -0.481 e. The van der Waals surface area contributed by atoms with Gasteiger partial charge in [0.2, 0.25) is 5.09 Å². The topological polar surface area (TPSA) is 105 Å². The van der Waals surface area contributed by atoms with Gasteiger partial charge in [-0.25, -0.2) is 4.39 Å². The van der Waals surface area contributed by atoms with E-state index in [-0.39, 0.29) is 12.2 Å². The molecule has 0 unspecified atom stereocenters. The zero-order valence-corrected chi connectivity index (χ0v) is 13.8. The maximum atomic E-state index is 13.6. The van der Waals surface area contributed by atoms with Crippen LogP contribution in [0.5, 0.6) is 0 Å². The molecule has 1 aliphatic rings. The number of rotatable bonds is 4. The first-order valence-corrected chi connectivity index (χ1v) is 8.62. The predicted octanol–water partition coefficient (Wildman–Crippen LogP) is 3.47. The lowest BCUT2D eigenvalue weighted by Gasteiger charge is -2.03. The van der Waals surface area contributed by atoms with Gasteiger partial charge in [-0.1, -0.05) is 6.07 Å². The Balaban J connectivity index is 2.14. The summed E-state index contributed by atoms with van der Waals surface area (Å²) in [5.74, 6) is -1.37. The van der Waals surface area contributed by atoms with E-state index in [2.05, 4.69) is 0 Å². The fourth-order valence-corrected chi connectivity index (χ4v) is 3.27. The molecule has 0 atom stereocenters.